The molecule has 1 aromatic carbocycles. The maximum absolute atomic E-state index is 13.0. The normalized spacial score (nSPS) is 21.9. The van der Waals surface area contributed by atoms with Crippen LogP contribution in [0.1, 0.15) is 39.5 Å². The summed E-state index contributed by atoms with van der Waals surface area (Å²) >= 11 is 0. The van der Waals surface area contributed by atoms with E-state index < -0.39 is 5.82 Å². The molecule has 3 nitrogen and oxygen atoms in total. The molecule has 0 aliphatic heterocycles. The molecule has 1 atom stereocenters. The number of nitrogens with one attached hydrogen (secondary N) is 1. The van der Waals surface area contributed by atoms with Gasteiger partial charge in [-0.15, -0.1) is 0 Å². The maximum atomic E-state index is 13.0. The number of hydrogen-bond donors (Lipinski definition) is 2. The van der Waals surface area contributed by atoms with Crippen molar-refractivity contribution in [1.82, 2.24) is 0 Å². The fourth-order valence-corrected chi connectivity index (χ4v) is 2.85. The number of hydrogen-bond acceptors (Lipinski definition) is 2. The highest BCUT2D eigenvalue weighted by Gasteiger charge is 2.37. The summed E-state index contributed by atoms with van der Waals surface area (Å²) in [5.74, 6) is -0.415. The first-order chi connectivity index (χ1) is 8.90. The van der Waals surface area contributed by atoms with Crippen molar-refractivity contribution < 1.29 is 9.18 Å². The first-order valence-corrected chi connectivity index (χ1v) is 6.76. The van der Waals surface area contributed by atoms with Gasteiger partial charge in [-0.25, -0.2) is 4.39 Å². The molecule has 104 valence electrons. The lowest BCUT2D eigenvalue weighted by Crippen LogP contribution is -2.37. The van der Waals surface area contributed by atoms with Crippen molar-refractivity contribution in [1.29, 1.82) is 0 Å². The minimum atomic E-state index is -0.395. The number of carbonyl (C=O) groups is 1. The van der Waals surface area contributed by atoms with Gasteiger partial charge in [0.1, 0.15) is 5.82 Å². The predicted molar refractivity (Wildman–Crippen MR) is 75.2 cm³/mol. The first-order valence-electron chi connectivity index (χ1n) is 6.76. The molecule has 0 aromatic heterocycles. The molecule has 1 aliphatic carbocycles. The summed E-state index contributed by atoms with van der Waals surface area (Å²) in [5.41, 5.74) is 6.48. The Balaban J connectivity index is 2.12. The number of nitrogen functional groups attached to an aromatic ring is 1. The van der Waals surface area contributed by atoms with Gasteiger partial charge in [-0.1, -0.05) is 26.7 Å². The van der Waals surface area contributed by atoms with E-state index >= 15 is 0 Å². The Bertz CT molecular complexity index is 485. The smallest absolute Gasteiger partial charge is 0.228 e. The van der Waals surface area contributed by atoms with E-state index in [1.807, 2.05) is 0 Å². The van der Waals surface area contributed by atoms with Gasteiger partial charge in [0.25, 0.3) is 0 Å². The second-order valence-electron chi connectivity index (χ2n) is 6.01. The van der Waals surface area contributed by atoms with Crippen LogP contribution < -0.4 is 11.1 Å². The molecule has 3 N–H and O–H groups in total. The van der Waals surface area contributed by atoms with Gasteiger partial charge >= 0.3 is 0 Å². The molecule has 0 spiro atoms. The zero-order chi connectivity index (χ0) is 14.0. The number of amides is 1. The van der Waals surface area contributed by atoms with E-state index in [0.717, 1.165) is 19.3 Å². The molecule has 0 heterocycles. The summed E-state index contributed by atoms with van der Waals surface area (Å²) in [7, 11) is 0. The lowest BCUT2D eigenvalue weighted by molar-refractivity contribution is -0.124. The summed E-state index contributed by atoms with van der Waals surface area (Å²) in [5, 5.41) is 2.83. The molecule has 1 saturated carbocycles. The van der Waals surface area contributed by atoms with Crippen LogP contribution >= 0.6 is 0 Å². The van der Waals surface area contributed by atoms with Crippen molar-refractivity contribution >= 4 is 17.3 Å². The second kappa shape index (κ2) is 5.19. The van der Waals surface area contributed by atoms with Gasteiger partial charge in [-0.3, -0.25) is 4.79 Å². The Kier molecular flexibility index (Phi) is 3.78. The Morgan fingerprint density at radius 1 is 1.42 bits per heavy atom. The molecular weight excluding hydrogens is 243 g/mol. The third-order valence-corrected chi connectivity index (χ3v) is 4.10. The van der Waals surface area contributed by atoms with Gasteiger partial charge in [-0.2, -0.15) is 0 Å². The van der Waals surface area contributed by atoms with E-state index in [4.69, 9.17) is 5.73 Å². The maximum Gasteiger partial charge on any atom is 0.228 e. The zero-order valence-electron chi connectivity index (χ0n) is 11.5. The summed E-state index contributed by atoms with van der Waals surface area (Å²) in [6.07, 6.45) is 4.22. The molecule has 1 aromatic rings. The highest BCUT2D eigenvalue weighted by molar-refractivity contribution is 5.95. The van der Waals surface area contributed by atoms with Crippen molar-refractivity contribution in [2.75, 3.05) is 11.1 Å². The van der Waals surface area contributed by atoms with Gasteiger partial charge in [0.15, 0.2) is 0 Å². The van der Waals surface area contributed by atoms with E-state index in [-0.39, 0.29) is 22.9 Å². The molecule has 0 bridgehead atoms. The van der Waals surface area contributed by atoms with E-state index in [2.05, 4.69) is 19.2 Å². The van der Waals surface area contributed by atoms with Crippen LogP contribution in [0.25, 0.3) is 0 Å². The molecule has 1 fully saturated rings. The predicted octanol–water partition coefficient (Wildman–Crippen LogP) is 3.56. The van der Waals surface area contributed by atoms with Gasteiger partial charge < -0.3 is 11.1 Å². The fourth-order valence-electron chi connectivity index (χ4n) is 2.85. The van der Waals surface area contributed by atoms with Crippen LogP contribution in [0.3, 0.4) is 0 Å². The summed E-state index contributed by atoms with van der Waals surface area (Å²) in [4.78, 5) is 12.4. The van der Waals surface area contributed by atoms with Gasteiger partial charge in [-0.05, 0) is 36.5 Å². The van der Waals surface area contributed by atoms with E-state index in [1.165, 1.54) is 24.6 Å². The highest BCUT2D eigenvalue weighted by atomic mass is 19.1. The van der Waals surface area contributed by atoms with Crippen LogP contribution in [-0.4, -0.2) is 5.91 Å². The molecule has 0 saturated heterocycles. The molecule has 19 heavy (non-hydrogen) atoms. The number of carbonyl (C=O) groups excluding carboxylic acids is 1. The molecular formula is C15H21FN2O. The number of anilines is 2. The van der Waals surface area contributed by atoms with Crippen LogP contribution in [0.5, 0.6) is 0 Å². The quantitative estimate of drug-likeness (QED) is 0.802. The molecule has 4 heteroatoms. The average molecular weight is 264 g/mol. The summed E-state index contributed by atoms with van der Waals surface area (Å²) in [6, 6.07) is 4.04. The highest BCUT2D eigenvalue weighted by Crippen LogP contribution is 2.41. The Morgan fingerprint density at radius 2 is 2.16 bits per heavy atom. The second-order valence-corrected chi connectivity index (χ2v) is 6.01. The number of halogens is 1. The summed E-state index contributed by atoms with van der Waals surface area (Å²) < 4.78 is 13.0. The van der Waals surface area contributed by atoms with Crippen molar-refractivity contribution in [3.8, 4) is 0 Å². The molecule has 1 aliphatic rings. The summed E-state index contributed by atoms with van der Waals surface area (Å²) in [6.45, 7) is 4.26. The van der Waals surface area contributed by atoms with Crippen LogP contribution in [0, 0.1) is 17.2 Å². The largest absolute Gasteiger partial charge is 0.397 e. The van der Waals surface area contributed by atoms with Crippen molar-refractivity contribution in [3.63, 3.8) is 0 Å². The average Bonchev–Trinajstić information content (AvgIpc) is 2.32. The monoisotopic (exact) mass is 264 g/mol. The van der Waals surface area contributed by atoms with Crippen LogP contribution in [0.15, 0.2) is 18.2 Å². The SMILES string of the molecule is CC1(C)CCCCC1C(=O)Nc1ccc(F)cc1N. The third kappa shape index (κ3) is 3.06. The Labute approximate surface area is 113 Å². The number of benzene rings is 1. The van der Waals surface area contributed by atoms with Gasteiger partial charge in [0.05, 0.1) is 11.4 Å². The molecule has 2 rings (SSSR count). The topological polar surface area (TPSA) is 55.1 Å². The lowest BCUT2D eigenvalue weighted by Gasteiger charge is -2.37. The van der Waals surface area contributed by atoms with Crippen molar-refractivity contribution in [2.24, 2.45) is 11.3 Å². The van der Waals surface area contributed by atoms with Crippen LogP contribution in [0.2, 0.25) is 0 Å². The molecule has 1 unspecified atom stereocenters. The fraction of sp³-hybridized carbons (Fsp3) is 0.533. The van der Waals surface area contributed by atoms with Crippen molar-refractivity contribution in [3.05, 3.63) is 24.0 Å². The zero-order valence-corrected chi connectivity index (χ0v) is 11.5. The van der Waals surface area contributed by atoms with Crippen LogP contribution in [-0.2, 0) is 4.79 Å². The number of nitrogens with two attached hydrogens (primary N) is 1. The lowest BCUT2D eigenvalue weighted by atomic mass is 9.68. The molecule has 0 radical (unpaired) electrons. The standard InChI is InChI=1S/C15H21FN2O/c1-15(2)8-4-3-5-11(15)14(19)18-13-7-6-10(16)9-12(13)17/h6-7,9,11H,3-5,8,17H2,1-2H3,(H,18,19). The van der Waals surface area contributed by atoms with E-state index in [9.17, 15) is 9.18 Å². The first kappa shape index (κ1) is 13.8. The van der Waals surface area contributed by atoms with Gasteiger partial charge in [0, 0.05) is 5.92 Å². The Hall–Kier alpha value is -1.58. The number of rotatable bonds is 2. The minimum Gasteiger partial charge on any atom is -0.397 e. The Morgan fingerprint density at radius 3 is 2.79 bits per heavy atom. The van der Waals surface area contributed by atoms with E-state index in [0.29, 0.717) is 5.69 Å². The van der Waals surface area contributed by atoms with Crippen molar-refractivity contribution in [2.45, 2.75) is 39.5 Å². The minimum absolute atomic E-state index is 0.00861. The van der Waals surface area contributed by atoms with Crippen LogP contribution in [0.4, 0.5) is 15.8 Å². The van der Waals surface area contributed by atoms with Gasteiger partial charge in [0.2, 0.25) is 5.91 Å². The molecule has 1 amide bonds. The van der Waals surface area contributed by atoms with E-state index in [1.54, 1.807) is 0 Å². The third-order valence-electron chi connectivity index (χ3n) is 4.10.